The summed E-state index contributed by atoms with van der Waals surface area (Å²) < 4.78 is 44.8. The zero-order valence-electron chi connectivity index (χ0n) is 17.1. The molecular formula is C20H31FN2O4S. The van der Waals surface area contributed by atoms with Gasteiger partial charge in [0.05, 0.1) is 11.8 Å². The molecule has 1 heterocycles. The predicted molar refractivity (Wildman–Crippen MR) is 107 cm³/mol. The van der Waals surface area contributed by atoms with Crippen molar-refractivity contribution in [1.82, 2.24) is 9.62 Å². The van der Waals surface area contributed by atoms with Crippen LogP contribution >= 0.6 is 0 Å². The van der Waals surface area contributed by atoms with E-state index in [0.29, 0.717) is 25.9 Å². The average molecular weight is 415 g/mol. The third-order valence-electron chi connectivity index (χ3n) is 5.19. The lowest BCUT2D eigenvalue weighted by molar-refractivity contribution is -0.128. The van der Waals surface area contributed by atoms with Crippen LogP contribution in [0, 0.1) is 17.2 Å². The Morgan fingerprint density at radius 3 is 2.43 bits per heavy atom. The molecule has 0 saturated carbocycles. The van der Waals surface area contributed by atoms with Gasteiger partial charge in [-0.2, -0.15) is 0 Å². The van der Waals surface area contributed by atoms with E-state index < -0.39 is 15.8 Å². The zero-order chi connectivity index (χ0) is 20.9. The molecule has 0 aromatic heterocycles. The van der Waals surface area contributed by atoms with E-state index in [1.807, 2.05) is 20.8 Å². The predicted octanol–water partition coefficient (Wildman–Crippen LogP) is 2.80. The van der Waals surface area contributed by atoms with Crippen molar-refractivity contribution >= 4 is 15.9 Å². The number of nitrogens with one attached hydrogen (secondary N) is 1. The highest BCUT2D eigenvalue weighted by molar-refractivity contribution is 7.89. The molecule has 1 fully saturated rings. The van der Waals surface area contributed by atoms with Gasteiger partial charge in [-0.05, 0) is 37.3 Å². The van der Waals surface area contributed by atoms with Crippen LogP contribution in [0.4, 0.5) is 4.39 Å². The van der Waals surface area contributed by atoms with Crippen molar-refractivity contribution in [2.24, 2.45) is 11.3 Å². The molecule has 1 aromatic rings. The van der Waals surface area contributed by atoms with Crippen LogP contribution in [-0.2, 0) is 14.8 Å². The summed E-state index contributed by atoms with van der Waals surface area (Å²) in [5.41, 5.74) is -0.285. The topological polar surface area (TPSA) is 75.7 Å². The smallest absolute Gasteiger partial charge is 0.223 e. The van der Waals surface area contributed by atoms with Gasteiger partial charge in [0.15, 0.2) is 11.6 Å². The molecule has 6 nitrogen and oxygen atoms in total. The zero-order valence-corrected chi connectivity index (χ0v) is 17.9. The van der Waals surface area contributed by atoms with Crippen LogP contribution in [-0.4, -0.2) is 50.1 Å². The summed E-state index contributed by atoms with van der Waals surface area (Å²) in [7, 11) is -3.21. The highest BCUT2D eigenvalue weighted by Gasteiger charge is 2.33. The van der Waals surface area contributed by atoms with Gasteiger partial charge in [0.1, 0.15) is 6.61 Å². The summed E-state index contributed by atoms with van der Waals surface area (Å²) >= 11 is 0. The summed E-state index contributed by atoms with van der Waals surface area (Å²) in [4.78, 5) is 12.8. The third-order valence-corrected chi connectivity index (χ3v) is 7.07. The SMILES string of the molecule is CCS(=O)(=O)N1CCC(C(=O)NC(COc2ccccc2F)C(C)(C)C)CC1. The molecule has 1 aliphatic heterocycles. The maximum atomic E-state index is 13.8. The molecule has 28 heavy (non-hydrogen) atoms. The highest BCUT2D eigenvalue weighted by atomic mass is 32.2. The second-order valence-corrected chi connectivity index (χ2v) is 10.5. The van der Waals surface area contributed by atoms with Gasteiger partial charge in [-0.3, -0.25) is 4.79 Å². The number of hydrogen-bond donors (Lipinski definition) is 1. The minimum Gasteiger partial charge on any atom is -0.488 e. The summed E-state index contributed by atoms with van der Waals surface area (Å²) in [5.74, 6) is -0.550. The molecule has 8 heteroatoms. The number of nitrogens with zero attached hydrogens (tertiary/aromatic N) is 1. The maximum absolute atomic E-state index is 13.8. The van der Waals surface area contributed by atoms with Crippen molar-refractivity contribution in [3.63, 3.8) is 0 Å². The van der Waals surface area contributed by atoms with Gasteiger partial charge in [-0.15, -0.1) is 0 Å². The van der Waals surface area contributed by atoms with E-state index in [9.17, 15) is 17.6 Å². The number of halogens is 1. The Kier molecular flexibility index (Phi) is 7.45. The first-order valence-corrected chi connectivity index (χ1v) is 11.3. The van der Waals surface area contributed by atoms with Crippen molar-refractivity contribution in [3.05, 3.63) is 30.1 Å². The molecule has 0 bridgehead atoms. The van der Waals surface area contributed by atoms with Gasteiger partial charge in [0, 0.05) is 19.0 Å². The van der Waals surface area contributed by atoms with Gasteiger partial charge in [-0.1, -0.05) is 32.9 Å². The Morgan fingerprint density at radius 2 is 1.89 bits per heavy atom. The number of piperidine rings is 1. The summed E-state index contributed by atoms with van der Waals surface area (Å²) in [5, 5.41) is 3.03. The number of rotatable bonds is 7. The fourth-order valence-electron chi connectivity index (χ4n) is 3.11. The second-order valence-electron chi connectivity index (χ2n) is 8.24. The lowest BCUT2D eigenvalue weighted by atomic mass is 9.86. The molecule has 1 amide bonds. The first-order chi connectivity index (χ1) is 13.0. The number of para-hydroxylation sites is 1. The molecule has 0 radical (unpaired) electrons. The van der Waals surface area contributed by atoms with Crippen LogP contribution in [0.3, 0.4) is 0 Å². The van der Waals surface area contributed by atoms with E-state index in [1.165, 1.54) is 10.4 Å². The number of hydrogen-bond acceptors (Lipinski definition) is 4. The lowest BCUT2D eigenvalue weighted by Crippen LogP contribution is -2.51. The van der Waals surface area contributed by atoms with Gasteiger partial charge < -0.3 is 10.1 Å². The summed E-state index contributed by atoms with van der Waals surface area (Å²) in [6, 6.07) is 5.87. The number of amides is 1. The van der Waals surface area contributed by atoms with Crippen molar-refractivity contribution in [2.75, 3.05) is 25.4 Å². The standard InChI is InChI=1S/C20H31FN2O4S/c1-5-28(25,26)23-12-10-15(11-13-23)19(24)22-18(20(2,3)4)14-27-17-9-7-6-8-16(17)21/h6-9,15,18H,5,10-14H2,1-4H3,(H,22,24). The Morgan fingerprint density at radius 1 is 1.29 bits per heavy atom. The molecule has 1 saturated heterocycles. The Labute approximate surface area is 167 Å². The monoisotopic (exact) mass is 414 g/mol. The van der Waals surface area contributed by atoms with E-state index in [-0.39, 0.29) is 41.4 Å². The first kappa shape index (κ1) is 22.6. The van der Waals surface area contributed by atoms with Crippen LogP contribution in [0.25, 0.3) is 0 Å². The van der Waals surface area contributed by atoms with E-state index in [4.69, 9.17) is 4.74 Å². The summed E-state index contributed by atoms with van der Waals surface area (Å²) in [6.07, 6.45) is 0.992. The highest BCUT2D eigenvalue weighted by Crippen LogP contribution is 2.25. The number of carbonyl (C=O) groups is 1. The van der Waals surface area contributed by atoms with E-state index in [0.717, 1.165) is 0 Å². The van der Waals surface area contributed by atoms with Crippen molar-refractivity contribution < 1.29 is 22.3 Å². The Balaban J connectivity index is 1.95. The van der Waals surface area contributed by atoms with E-state index in [1.54, 1.807) is 25.1 Å². The Hall–Kier alpha value is -1.67. The summed E-state index contributed by atoms with van der Waals surface area (Å²) in [6.45, 7) is 8.45. The molecule has 0 aliphatic carbocycles. The molecule has 1 unspecified atom stereocenters. The molecule has 158 valence electrons. The van der Waals surface area contributed by atoms with Gasteiger partial charge in [0.2, 0.25) is 15.9 Å². The molecule has 0 spiro atoms. The lowest BCUT2D eigenvalue weighted by Gasteiger charge is -2.35. The molecule has 1 aliphatic rings. The quantitative estimate of drug-likeness (QED) is 0.744. The van der Waals surface area contributed by atoms with Gasteiger partial charge in [0.25, 0.3) is 0 Å². The minimum atomic E-state index is -3.21. The van der Waals surface area contributed by atoms with Gasteiger partial charge in [-0.25, -0.2) is 17.1 Å². The Bertz CT molecular complexity index is 769. The minimum absolute atomic E-state index is 0.0728. The van der Waals surface area contributed by atoms with E-state index in [2.05, 4.69) is 5.32 Å². The fourth-order valence-corrected chi connectivity index (χ4v) is 4.24. The number of ether oxygens (including phenoxy) is 1. The largest absolute Gasteiger partial charge is 0.488 e. The molecule has 1 N–H and O–H groups in total. The molecule has 2 rings (SSSR count). The van der Waals surface area contributed by atoms with Gasteiger partial charge >= 0.3 is 0 Å². The van der Waals surface area contributed by atoms with Crippen molar-refractivity contribution in [2.45, 2.75) is 46.6 Å². The molecule has 1 aromatic carbocycles. The number of sulfonamides is 1. The number of benzene rings is 1. The van der Waals surface area contributed by atoms with Crippen LogP contribution < -0.4 is 10.1 Å². The van der Waals surface area contributed by atoms with Crippen LogP contribution in [0.2, 0.25) is 0 Å². The first-order valence-electron chi connectivity index (χ1n) is 9.70. The third kappa shape index (κ3) is 5.91. The van der Waals surface area contributed by atoms with Crippen LogP contribution in [0.15, 0.2) is 24.3 Å². The van der Waals surface area contributed by atoms with Crippen LogP contribution in [0.5, 0.6) is 5.75 Å². The average Bonchev–Trinajstić information content (AvgIpc) is 2.65. The normalized spacial score (nSPS) is 17.9. The van der Waals surface area contributed by atoms with E-state index >= 15 is 0 Å². The maximum Gasteiger partial charge on any atom is 0.223 e. The van der Waals surface area contributed by atoms with Crippen molar-refractivity contribution in [1.29, 1.82) is 0 Å². The van der Waals surface area contributed by atoms with Crippen LogP contribution in [0.1, 0.15) is 40.5 Å². The number of carbonyl (C=O) groups excluding carboxylic acids is 1. The molecule has 1 atom stereocenters. The second kappa shape index (κ2) is 9.22. The fraction of sp³-hybridized carbons (Fsp3) is 0.650. The molecular weight excluding hydrogens is 383 g/mol. The van der Waals surface area contributed by atoms with Crippen molar-refractivity contribution in [3.8, 4) is 5.75 Å².